The van der Waals surface area contributed by atoms with Gasteiger partial charge in [-0.1, -0.05) is 12.1 Å². The molecular formula is C24H20F3N3O3S. The minimum absolute atomic E-state index is 0.00318. The van der Waals surface area contributed by atoms with Crippen LogP contribution >= 0.6 is 11.3 Å². The molecule has 0 atom stereocenters. The standard InChI is InChI=1S/C24H20F3N3O3S/c25-15-5-6-20(27)18(11-15)22(32)14-7-9-30(10-8-14)21(31)12-16-13-34-24(28-16)29-23(33)17-3-1-2-4-19(17)26/h1-6,11,13-14H,7-10,12H2,(H,28,29,33). The van der Waals surface area contributed by atoms with Gasteiger partial charge in [0.1, 0.15) is 17.5 Å². The number of carbonyl (C=O) groups is 3. The molecule has 0 bridgehead atoms. The molecule has 0 saturated carbocycles. The number of thiazole rings is 1. The van der Waals surface area contributed by atoms with Gasteiger partial charge in [-0.2, -0.15) is 0 Å². The molecule has 3 aromatic rings. The number of amides is 2. The summed E-state index contributed by atoms with van der Waals surface area (Å²) >= 11 is 1.12. The number of Topliss-reactive ketones (excluding diaryl/α,β-unsaturated/α-hetero) is 1. The van der Waals surface area contributed by atoms with Gasteiger partial charge in [-0.05, 0) is 43.2 Å². The van der Waals surface area contributed by atoms with Crippen molar-refractivity contribution in [2.45, 2.75) is 19.3 Å². The number of benzene rings is 2. The Hall–Kier alpha value is -3.53. The van der Waals surface area contributed by atoms with E-state index in [2.05, 4.69) is 10.3 Å². The Morgan fingerprint density at radius 3 is 2.44 bits per heavy atom. The molecule has 4 rings (SSSR count). The zero-order valence-electron chi connectivity index (χ0n) is 17.9. The maximum atomic E-state index is 13.9. The fourth-order valence-corrected chi connectivity index (χ4v) is 4.52. The summed E-state index contributed by atoms with van der Waals surface area (Å²) in [5.74, 6) is -3.85. The molecule has 1 aromatic heterocycles. The lowest BCUT2D eigenvalue weighted by Gasteiger charge is -2.31. The fourth-order valence-electron chi connectivity index (χ4n) is 3.82. The lowest BCUT2D eigenvalue weighted by Crippen LogP contribution is -2.41. The first kappa shape index (κ1) is 23.6. The Morgan fingerprint density at radius 1 is 1.00 bits per heavy atom. The van der Waals surface area contributed by atoms with Crippen molar-refractivity contribution in [3.8, 4) is 0 Å². The van der Waals surface area contributed by atoms with Crippen molar-refractivity contribution in [2.75, 3.05) is 18.4 Å². The first-order chi connectivity index (χ1) is 16.3. The molecule has 0 unspecified atom stereocenters. The first-order valence-corrected chi connectivity index (χ1v) is 11.5. The summed E-state index contributed by atoms with van der Waals surface area (Å²) in [5, 5.41) is 4.41. The number of rotatable bonds is 6. The SMILES string of the molecule is O=C(Nc1nc(CC(=O)N2CCC(C(=O)c3cc(F)ccc3F)CC2)cs1)c1ccccc1F. The second kappa shape index (κ2) is 10.2. The molecule has 2 amide bonds. The van der Waals surface area contributed by atoms with Crippen LogP contribution in [0.5, 0.6) is 0 Å². The van der Waals surface area contributed by atoms with E-state index < -0.39 is 35.1 Å². The van der Waals surface area contributed by atoms with Gasteiger partial charge >= 0.3 is 0 Å². The molecule has 6 nitrogen and oxygen atoms in total. The molecule has 10 heteroatoms. The number of likely N-dealkylation sites (tertiary alicyclic amines) is 1. The van der Waals surface area contributed by atoms with Gasteiger partial charge < -0.3 is 4.90 Å². The highest BCUT2D eigenvalue weighted by Crippen LogP contribution is 2.25. The highest BCUT2D eigenvalue weighted by molar-refractivity contribution is 7.14. The van der Waals surface area contributed by atoms with E-state index in [-0.39, 0.29) is 28.6 Å². The monoisotopic (exact) mass is 487 g/mol. The fraction of sp³-hybridized carbons (Fsp3) is 0.250. The Balaban J connectivity index is 1.30. The second-order valence-electron chi connectivity index (χ2n) is 7.90. The van der Waals surface area contributed by atoms with Crippen LogP contribution in [0.2, 0.25) is 0 Å². The van der Waals surface area contributed by atoms with Gasteiger partial charge in [0.2, 0.25) is 5.91 Å². The zero-order valence-corrected chi connectivity index (χ0v) is 18.7. The molecule has 34 heavy (non-hydrogen) atoms. The maximum absolute atomic E-state index is 13.9. The molecule has 1 saturated heterocycles. The average molecular weight is 488 g/mol. The minimum atomic E-state index is -0.758. The van der Waals surface area contributed by atoms with Gasteiger partial charge in [0.05, 0.1) is 23.2 Å². The van der Waals surface area contributed by atoms with Gasteiger partial charge in [-0.3, -0.25) is 19.7 Å². The predicted molar refractivity (Wildman–Crippen MR) is 120 cm³/mol. The van der Waals surface area contributed by atoms with Gasteiger partial charge in [0.15, 0.2) is 10.9 Å². The molecule has 1 fully saturated rings. The number of carbonyl (C=O) groups excluding carboxylic acids is 3. The van der Waals surface area contributed by atoms with E-state index in [0.29, 0.717) is 31.6 Å². The summed E-state index contributed by atoms with van der Waals surface area (Å²) in [6.07, 6.45) is 0.701. The van der Waals surface area contributed by atoms with Crippen molar-refractivity contribution in [1.82, 2.24) is 9.88 Å². The predicted octanol–water partition coefficient (Wildman–Crippen LogP) is 4.48. The van der Waals surface area contributed by atoms with Crippen LogP contribution in [0.25, 0.3) is 0 Å². The third-order valence-electron chi connectivity index (χ3n) is 5.64. The Morgan fingerprint density at radius 2 is 1.71 bits per heavy atom. The smallest absolute Gasteiger partial charge is 0.260 e. The molecule has 1 N–H and O–H groups in total. The Kier molecular flexibility index (Phi) is 7.06. The average Bonchev–Trinajstić information content (AvgIpc) is 3.27. The quantitative estimate of drug-likeness (QED) is 0.520. The number of hydrogen-bond acceptors (Lipinski definition) is 5. The summed E-state index contributed by atoms with van der Waals surface area (Å²) < 4.78 is 41.1. The normalized spacial score (nSPS) is 14.1. The zero-order chi connectivity index (χ0) is 24.2. The number of aromatic nitrogens is 1. The summed E-state index contributed by atoms with van der Waals surface area (Å²) in [6.45, 7) is 0.625. The van der Waals surface area contributed by atoms with Crippen LogP contribution in [0.15, 0.2) is 47.8 Å². The molecular weight excluding hydrogens is 467 g/mol. The van der Waals surface area contributed by atoms with Gasteiger partial charge in [-0.25, -0.2) is 18.2 Å². The van der Waals surface area contributed by atoms with Crippen molar-refractivity contribution in [1.29, 1.82) is 0 Å². The van der Waals surface area contributed by atoms with Crippen molar-refractivity contribution in [3.05, 3.63) is 82.1 Å². The van der Waals surface area contributed by atoms with E-state index in [9.17, 15) is 27.6 Å². The Bertz CT molecular complexity index is 1240. The number of halogens is 3. The molecule has 0 aliphatic carbocycles. The third kappa shape index (κ3) is 5.33. The highest BCUT2D eigenvalue weighted by atomic mass is 32.1. The number of piperidine rings is 1. The summed E-state index contributed by atoms with van der Waals surface area (Å²) in [6, 6.07) is 8.38. The molecule has 1 aliphatic rings. The van der Waals surface area contributed by atoms with Crippen molar-refractivity contribution >= 4 is 34.1 Å². The summed E-state index contributed by atoms with van der Waals surface area (Å²) in [5.41, 5.74) is 0.0851. The topological polar surface area (TPSA) is 79.4 Å². The number of anilines is 1. The van der Waals surface area contributed by atoms with E-state index in [1.807, 2.05) is 0 Å². The molecule has 2 heterocycles. The van der Waals surface area contributed by atoms with Crippen LogP contribution in [-0.4, -0.2) is 40.6 Å². The maximum Gasteiger partial charge on any atom is 0.260 e. The number of hydrogen-bond donors (Lipinski definition) is 1. The van der Waals surface area contributed by atoms with Crippen molar-refractivity contribution < 1.29 is 27.6 Å². The Labute approximate surface area is 197 Å². The second-order valence-corrected chi connectivity index (χ2v) is 8.76. The number of nitrogens with one attached hydrogen (secondary N) is 1. The molecule has 176 valence electrons. The number of nitrogens with zero attached hydrogens (tertiary/aromatic N) is 2. The van der Waals surface area contributed by atoms with E-state index in [1.165, 1.54) is 18.2 Å². The van der Waals surface area contributed by atoms with Gasteiger partial charge in [0, 0.05) is 24.4 Å². The first-order valence-electron chi connectivity index (χ1n) is 10.6. The molecule has 1 aliphatic heterocycles. The van der Waals surface area contributed by atoms with Gasteiger partial charge in [-0.15, -0.1) is 11.3 Å². The van der Waals surface area contributed by atoms with E-state index in [1.54, 1.807) is 16.3 Å². The molecule has 2 aromatic carbocycles. The van der Waals surface area contributed by atoms with Crippen LogP contribution in [0.4, 0.5) is 18.3 Å². The van der Waals surface area contributed by atoms with Crippen LogP contribution in [0.1, 0.15) is 39.3 Å². The molecule has 0 spiro atoms. The van der Waals surface area contributed by atoms with Crippen LogP contribution in [-0.2, 0) is 11.2 Å². The number of ketones is 1. The molecule has 0 radical (unpaired) electrons. The van der Waals surface area contributed by atoms with Crippen LogP contribution in [0.3, 0.4) is 0 Å². The van der Waals surface area contributed by atoms with Crippen molar-refractivity contribution in [3.63, 3.8) is 0 Å². The lowest BCUT2D eigenvalue weighted by atomic mass is 9.88. The van der Waals surface area contributed by atoms with Crippen LogP contribution in [0, 0.1) is 23.4 Å². The largest absolute Gasteiger partial charge is 0.342 e. The van der Waals surface area contributed by atoms with E-state index >= 15 is 0 Å². The lowest BCUT2D eigenvalue weighted by molar-refractivity contribution is -0.131. The van der Waals surface area contributed by atoms with Gasteiger partial charge in [0.25, 0.3) is 5.91 Å². The highest BCUT2D eigenvalue weighted by Gasteiger charge is 2.29. The van der Waals surface area contributed by atoms with E-state index in [4.69, 9.17) is 0 Å². The van der Waals surface area contributed by atoms with Crippen LogP contribution < -0.4 is 5.32 Å². The minimum Gasteiger partial charge on any atom is -0.342 e. The summed E-state index contributed by atoms with van der Waals surface area (Å²) in [4.78, 5) is 43.3. The third-order valence-corrected chi connectivity index (χ3v) is 6.44. The van der Waals surface area contributed by atoms with Crippen molar-refractivity contribution in [2.24, 2.45) is 5.92 Å². The van der Waals surface area contributed by atoms with E-state index in [0.717, 1.165) is 29.5 Å². The summed E-state index contributed by atoms with van der Waals surface area (Å²) in [7, 11) is 0.